The van der Waals surface area contributed by atoms with Crippen molar-refractivity contribution in [2.75, 3.05) is 0 Å². The highest BCUT2D eigenvalue weighted by molar-refractivity contribution is 5.14. The summed E-state index contributed by atoms with van der Waals surface area (Å²) in [4.78, 5) is 0. The molecule has 1 aliphatic carbocycles. The summed E-state index contributed by atoms with van der Waals surface area (Å²) in [6.45, 7) is 35.5. The van der Waals surface area contributed by atoms with E-state index >= 15 is 0 Å². The Bertz CT molecular complexity index is 786. The fraction of sp³-hybridized carbons (Fsp3) is 0.721. The maximum absolute atomic E-state index is 2.39. The third kappa shape index (κ3) is 36.5. The van der Waals surface area contributed by atoms with Crippen LogP contribution < -0.4 is 0 Å². The third-order valence-corrected chi connectivity index (χ3v) is 7.42. The van der Waals surface area contributed by atoms with Crippen LogP contribution in [-0.4, -0.2) is 0 Å². The molecule has 1 aliphatic rings. The van der Waals surface area contributed by atoms with E-state index < -0.39 is 0 Å². The molecule has 0 bridgehead atoms. The summed E-state index contributed by atoms with van der Waals surface area (Å²) in [5.74, 6) is 2.97. The van der Waals surface area contributed by atoms with Gasteiger partial charge in [-0.05, 0) is 106 Å². The molecule has 1 aromatic carbocycles. The van der Waals surface area contributed by atoms with Crippen molar-refractivity contribution >= 4 is 0 Å². The topological polar surface area (TPSA) is 0 Å². The van der Waals surface area contributed by atoms with Crippen LogP contribution in [0.15, 0.2) is 65.8 Å². The van der Waals surface area contributed by atoms with Gasteiger partial charge >= 0.3 is 0 Å². The molecule has 0 unspecified atom stereocenters. The average Bonchev–Trinajstić information content (AvgIpc) is 2.92. The second kappa shape index (κ2) is 28.0. The van der Waals surface area contributed by atoms with E-state index in [4.69, 9.17) is 0 Å². The minimum absolute atomic E-state index is 0.328. The Morgan fingerprint density at radius 1 is 0.814 bits per heavy atom. The molecule has 0 heteroatoms. The Kier molecular flexibility index (Phi) is 29.8. The van der Waals surface area contributed by atoms with Gasteiger partial charge in [0.2, 0.25) is 0 Å². The molecular weight excluding hydrogens is 516 g/mol. The molecule has 2 rings (SSSR count). The van der Waals surface area contributed by atoms with E-state index in [0.717, 1.165) is 17.8 Å². The Hall–Kier alpha value is -1.56. The maximum atomic E-state index is 2.39. The van der Waals surface area contributed by atoms with Gasteiger partial charge in [-0.2, -0.15) is 0 Å². The molecule has 0 saturated heterocycles. The molecule has 1 aromatic rings. The summed E-state index contributed by atoms with van der Waals surface area (Å²) >= 11 is 0. The van der Waals surface area contributed by atoms with Gasteiger partial charge in [-0.1, -0.05) is 169 Å². The molecule has 1 fully saturated rings. The fourth-order valence-electron chi connectivity index (χ4n) is 4.85. The quantitative estimate of drug-likeness (QED) is 0.262. The van der Waals surface area contributed by atoms with Crippen LogP contribution in [0.3, 0.4) is 0 Å². The Balaban J connectivity index is -0.000000500. The van der Waals surface area contributed by atoms with Gasteiger partial charge < -0.3 is 0 Å². The lowest BCUT2D eigenvalue weighted by Crippen LogP contribution is -2.16. The number of hydrogen-bond donors (Lipinski definition) is 0. The van der Waals surface area contributed by atoms with Crippen LogP contribution in [-0.2, 0) is 6.42 Å². The molecule has 0 N–H and O–H groups in total. The lowest BCUT2D eigenvalue weighted by Gasteiger charge is -2.28. The van der Waals surface area contributed by atoms with Crippen molar-refractivity contribution in [1.82, 2.24) is 0 Å². The molecule has 0 nitrogen and oxygen atoms in total. The third-order valence-electron chi connectivity index (χ3n) is 7.42. The second-order valence-electron chi connectivity index (χ2n) is 15.3. The summed E-state index contributed by atoms with van der Waals surface area (Å²) in [5, 5.41) is 0. The van der Waals surface area contributed by atoms with Crippen LogP contribution in [0.5, 0.6) is 0 Å². The number of aryl methyl sites for hydroxylation is 1. The zero-order valence-corrected chi connectivity index (χ0v) is 32.5. The van der Waals surface area contributed by atoms with Gasteiger partial charge in [0.05, 0.1) is 0 Å². The van der Waals surface area contributed by atoms with Gasteiger partial charge in [-0.3, -0.25) is 0 Å². The molecule has 0 aliphatic heterocycles. The van der Waals surface area contributed by atoms with Gasteiger partial charge in [-0.15, -0.1) is 0 Å². The zero-order chi connectivity index (χ0) is 33.9. The predicted octanol–water partition coefficient (Wildman–Crippen LogP) is 15.2. The first-order chi connectivity index (χ1) is 20.0. The van der Waals surface area contributed by atoms with Gasteiger partial charge in [0.1, 0.15) is 0 Å². The average molecular weight is 597 g/mol. The lowest BCUT2D eigenvalue weighted by atomic mass is 9.78. The number of allylic oxidation sites excluding steroid dienone is 6. The van der Waals surface area contributed by atoms with Crippen LogP contribution in [0, 0.1) is 28.6 Å². The van der Waals surface area contributed by atoms with Crippen molar-refractivity contribution < 1.29 is 0 Å². The molecule has 0 radical (unpaired) electrons. The Labute approximate surface area is 274 Å². The summed E-state index contributed by atoms with van der Waals surface area (Å²) in [6, 6.07) is 10.7. The SMILES string of the molecule is CC.CC(C)(C)CCc1ccccc1.CC(C)=CCC/C(C)=C\C(C)(C)C.CC1CCC(C(C)C)CC1.CCC=CCC. The van der Waals surface area contributed by atoms with E-state index in [9.17, 15) is 0 Å². The minimum Gasteiger partial charge on any atom is -0.0888 e. The lowest BCUT2D eigenvalue weighted by molar-refractivity contribution is 0.234. The molecule has 43 heavy (non-hydrogen) atoms. The normalized spacial score (nSPS) is 16.8. The molecular formula is C43H80. The maximum Gasteiger partial charge on any atom is -0.0201 e. The van der Waals surface area contributed by atoms with Gasteiger partial charge in [-0.25, -0.2) is 0 Å². The fourth-order valence-corrected chi connectivity index (χ4v) is 4.85. The summed E-state index contributed by atoms with van der Waals surface area (Å²) in [6.07, 6.45) is 22.1. The van der Waals surface area contributed by atoms with Crippen LogP contribution in [0.2, 0.25) is 0 Å². The molecule has 0 atom stereocenters. The van der Waals surface area contributed by atoms with E-state index in [0.29, 0.717) is 10.8 Å². The van der Waals surface area contributed by atoms with Crippen molar-refractivity contribution in [3.63, 3.8) is 0 Å². The molecule has 0 aromatic heterocycles. The highest BCUT2D eigenvalue weighted by atomic mass is 14.3. The van der Waals surface area contributed by atoms with Gasteiger partial charge in [0.15, 0.2) is 0 Å². The van der Waals surface area contributed by atoms with Crippen molar-refractivity contribution in [3.05, 3.63) is 71.3 Å². The monoisotopic (exact) mass is 597 g/mol. The first-order valence-corrected chi connectivity index (χ1v) is 18.0. The zero-order valence-electron chi connectivity index (χ0n) is 32.5. The van der Waals surface area contributed by atoms with Crippen LogP contribution >= 0.6 is 0 Å². The largest absolute Gasteiger partial charge is 0.0888 e. The van der Waals surface area contributed by atoms with E-state index in [-0.39, 0.29) is 0 Å². The molecule has 0 heterocycles. The molecule has 0 amide bonds. The van der Waals surface area contributed by atoms with E-state index in [1.807, 2.05) is 13.8 Å². The Morgan fingerprint density at radius 3 is 1.67 bits per heavy atom. The molecule has 1 saturated carbocycles. The van der Waals surface area contributed by atoms with Gasteiger partial charge in [0, 0.05) is 0 Å². The summed E-state index contributed by atoms with van der Waals surface area (Å²) in [5.41, 5.74) is 5.16. The van der Waals surface area contributed by atoms with E-state index in [2.05, 4.69) is 152 Å². The molecule has 0 spiro atoms. The second-order valence-corrected chi connectivity index (χ2v) is 15.3. The van der Waals surface area contributed by atoms with Crippen molar-refractivity contribution in [2.24, 2.45) is 28.6 Å². The van der Waals surface area contributed by atoms with E-state index in [1.54, 1.807) is 0 Å². The minimum atomic E-state index is 0.328. The smallest absolute Gasteiger partial charge is 0.0201 e. The number of rotatable bonds is 8. The number of hydrogen-bond acceptors (Lipinski definition) is 0. The summed E-state index contributed by atoms with van der Waals surface area (Å²) < 4.78 is 0. The highest BCUT2D eigenvalue weighted by Crippen LogP contribution is 2.32. The van der Waals surface area contributed by atoms with Crippen LogP contribution in [0.4, 0.5) is 0 Å². The van der Waals surface area contributed by atoms with E-state index in [1.165, 1.54) is 80.9 Å². The first-order valence-electron chi connectivity index (χ1n) is 18.0. The number of benzene rings is 1. The highest BCUT2D eigenvalue weighted by Gasteiger charge is 2.20. The summed E-state index contributed by atoms with van der Waals surface area (Å²) in [7, 11) is 0. The first kappa shape index (κ1) is 45.9. The standard InChI is InChI=1S/C13H24.C12H18.C10H20.C6H12.C2H6/c1-11(2)8-7-9-12(3)10-13(4,5)6;1-12(2,3)10-9-11-7-5-4-6-8-11;1-8(2)10-6-4-9(3)5-7-10;1-3-5-6-4-2;1-2/h8,10H,7,9H2,1-6H3;4-8H,9-10H2,1-3H3;8-10H,4-7H2,1-3H3;5-6H,3-4H2,1-2H3;1-2H3/b12-10-;;;;. The Morgan fingerprint density at radius 2 is 1.30 bits per heavy atom. The molecule has 252 valence electrons. The van der Waals surface area contributed by atoms with Gasteiger partial charge in [0.25, 0.3) is 0 Å². The van der Waals surface area contributed by atoms with Crippen LogP contribution in [0.1, 0.15) is 174 Å². The van der Waals surface area contributed by atoms with Crippen molar-refractivity contribution in [2.45, 2.75) is 175 Å². The van der Waals surface area contributed by atoms with Crippen molar-refractivity contribution in [3.8, 4) is 0 Å². The van der Waals surface area contributed by atoms with Crippen molar-refractivity contribution in [1.29, 1.82) is 0 Å². The predicted molar refractivity (Wildman–Crippen MR) is 203 cm³/mol. The van der Waals surface area contributed by atoms with Crippen LogP contribution in [0.25, 0.3) is 0 Å².